The van der Waals surface area contributed by atoms with E-state index in [1.165, 1.54) is 11.8 Å². The third-order valence-electron chi connectivity index (χ3n) is 2.50. The molecule has 0 bridgehead atoms. The van der Waals surface area contributed by atoms with Crippen LogP contribution in [0.15, 0.2) is 40.0 Å². The van der Waals surface area contributed by atoms with Gasteiger partial charge in [-0.15, -0.1) is 10.2 Å². The first-order valence-corrected chi connectivity index (χ1v) is 7.75. The molecule has 1 aromatic carbocycles. The Bertz CT molecular complexity index is 590. The van der Waals surface area contributed by atoms with Crippen LogP contribution in [0.1, 0.15) is 27.2 Å². The largest absolute Gasteiger partial charge is 0.411 e. The lowest BCUT2D eigenvalue weighted by Gasteiger charge is -2.20. The van der Waals surface area contributed by atoms with Crippen LogP contribution in [0.2, 0.25) is 0 Å². The van der Waals surface area contributed by atoms with Gasteiger partial charge in [0.1, 0.15) is 0 Å². The molecule has 0 fully saturated rings. The van der Waals surface area contributed by atoms with Gasteiger partial charge in [-0.25, -0.2) is 0 Å². The minimum atomic E-state index is -0.202. The summed E-state index contributed by atoms with van der Waals surface area (Å²) >= 11 is 1.39. The quantitative estimate of drug-likeness (QED) is 0.860. The monoisotopic (exact) mass is 305 g/mol. The third-order valence-corrected chi connectivity index (χ3v) is 3.32. The molecule has 0 aliphatic rings. The van der Waals surface area contributed by atoms with Gasteiger partial charge in [-0.1, -0.05) is 30.0 Å². The highest BCUT2D eigenvalue weighted by Crippen LogP contribution is 2.23. The van der Waals surface area contributed by atoms with Crippen LogP contribution >= 0.6 is 11.8 Å². The Labute approximate surface area is 128 Å². The average molecular weight is 305 g/mol. The molecule has 1 N–H and O–H groups in total. The number of carbonyl (C=O) groups is 1. The maximum Gasteiger partial charge on any atom is 0.276 e. The van der Waals surface area contributed by atoms with Crippen LogP contribution in [-0.2, 0) is 4.79 Å². The van der Waals surface area contributed by atoms with Gasteiger partial charge in [0.05, 0.1) is 0 Å². The molecule has 6 heteroatoms. The molecule has 0 aliphatic heterocycles. The molecule has 0 spiro atoms. The molecule has 0 saturated carbocycles. The minimum absolute atomic E-state index is 0.0257. The van der Waals surface area contributed by atoms with E-state index in [1.54, 1.807) is 0 Å². The van der Waals surface area contributed by atoms with Gasteiger partial charge in [0.25, 0.3) is 5.22 Å². The van der Waals surface area contributed by atoms with Gasteiger partial charge < -0.3 is 9.73 Å². The summed E-state index contributed by atoms with van der Waals surface area (Å²) in [6.45, 7) is 5.88. The molecule has 0 atom stereocenters. The molecular formula is C15H19N3O2S. The normalized spacial score (nSPS) is 11.4. The summed E-state index contributed by atoms with van der Waals surface area (Å²) in [5.74, 6) is 1.13. The van der Waals surface area contributed by atoms with E-state index in [4.69, 9.17) is 4.42 Å². The predicted octanol–water partition coefficient (Wildman–Crippen LogP) is 3.13. The van der Waals surface area contributed by atoms with Gasteiger partial charge in [0, 0.05) is 23.3 Å². The lowest BCUT2D eigenvalue weighted by molar-refractivity contribution is -0.122. The first-order valence-electron chi connectivity index (χ1n) is 6.77. The lowest BCUT2D eigenvalue weighted by atomic mass is 10.1. The van der Waals surface area contributed by atoms with Gasteiger partial charge in [-0.05, 0) is 32.9 Å². The number of nitrogens with one attached hydrogen (secondary N) is 1. The summed E-state index contributed by atoms with van der Waals surface area (Å²) in [4.78, 5) is 11.7. The van der Waals surface area contributed by atoms with E-state index in [0.29, 0.717) is 23.3 Å². The standard InChI is InChI=1S/C15H19N3O2S/c1-15(2,3)16-12(19)9-10-21-14-18-17-13(20-14)11-7-5-4-6-8-11/h4-8H,9-10H2,1-3H3,(H,16,19). The minimum Gasteiger partial charge on any atom is -0.411 e. The fraction of sp³-hybridized carbons (Fsp3) is 0.400. The van der Waals surface area contributed by atoms with Gasteiger partial charge in [-0.2, -0.15) is 0 Å². The Balaban J connectivity index is 1.83. The molecule has 1 heterocycles. The summed E-state index contributed by atoms with van der Waals surface area (Å²) in [7, 11) is 0. The van der Waals surface area contributed by atoms with E-state index in [2.05, 4.69) is 15.5 Å². The van der Waals surface area contributed by atoms with Crippen LogP contribution in [-0.4, -0.2) is 27.4 Å². The first-order chi connectivity index (χ1) is 9.94. The highest BCUT2D eigenvalue weighted by molar-refractivity contribution is 7.99. The maximum absolute atomic E-state index is 11.7. The van der Waals surface area contributed by atoms with Crippen LogP contribution < -0.4 is 5.32 Å². The van der Waals surface area contributed by atoms with Crippen molar-refractivity contribution in [2.45, 2.75) is 38.0 Å². The molecule has 112 valence electrons. The predicted molar refractivity (Wildman–Crippen MR) is 83.0 cm³/mol. The van der Waals surface area contributed by atoms with Crippen LogP contribution in [0.5, 0.6) is 0 Å². The summed E-state index contributed by atoms with van der Waals surface area (Å²) in [5, 5.41) is 11.4. The molecule has 0 aliphatic carbocycles. The Morgan fingerprint density at radius 2 is 1.95 bits per heavy atom. The second-order valence-corrected chi connectivity index (χ2v) is 6.68. The number of nitrogens with zero attached hydrogens (tertiary/aromatic N) is 2. The van der Waals surface area contributed by atoms with Crippen molar-refractivity contribution in [3.63, 3.8) is 0 Å². The molecule has 0 unspecified atom stereocenters. The number of rotatable bonds is 5. The van der Waals surface area contributed by atoms with Crippen molar-refractivity contribution >= 4 is 17.7 Å². The first kappa shape index (κ1) is 15.6. The van der Waals surface area contributed by atoms with Gasteiger partial charge in [0.2, 0.25) is 11.8 Å². The molecule has 21 heavy (non-hydrogen) atoms. The second kappa shape index (κ2) is 6.76. The molecule has 1 amide bonds. The fourth-order valence-electron chi connectivity index (χ4n) is 1.68. The van der Waals surface area contributed by atoms with E-state index < -0.39 is 0 Å². The molecular weight excluding hydrogens is 286 g/mol. The van der Waals surface area contributed by atoms with Gasteiger partial charge in [-0.3, -0.25) is 4.79 Å². The smallest absolute Gasteiger partial charge is 0.276 e. The van der Waals surface area contributed by atoms with Crippen LogP contribution in [0, 0.1) is 0 Å². The summed E-state index contributed by atoms with van der Waals surface area (Å²) in [5.41, 5.74) is 0.689. The molecule has 1 aromatic heterocycles. The Kier molecular flexibility index (Phi) is 5.01. The van der Waals surface area contributed by atoms with E-state index in [-0.39, 0.29) is 11.4 Å². The SMILES string of the molecule is CC(C)(C)NC(=O)CCSc1nnc(-c2ccccc2)o1. The third kappa shape index (κ3) is 5.23. The zero-order chi connectivity index (χ0) is 15.3. The number of thioether (sulfide) groups is 1. The van der Waals surface area contributed by atoms with Crippen LogP contribution in [0.25, 0.3) is 11.5 Å². The van der Waals surface area contributed by atoms with E-state index in [9.17, 15) is 4.79 Å². The van der Waals surface area contributed by atoms with Crippen molar-refractivity contribution in [2.24, 2.45) is 0 Å². The van der Waals surface area contributed by atoms with Crippen LogP contribution in [0.3, 0.4) is 0 Å². The molecule has 0 saturated heterocycles. The van der Waals surface area contributed by atoms with Crippen molar-refractivity contribution in [2.75, 3.05) is 5.75 Å². The topological polar surface area (TPSA) is 68.0 Å². The Morgan fingerprint density at radius 3 is 2.62 bits per heavy atom. The average Bonchev–Trinajstić information content (AvgIpc) is 2.86. The molecule has 0 radical (unpaired) electrons. The van der Waals surface area contributed by atoms with Crippen LogP contribution in [0.4, 0.5) is 0 Å². The number of aromatic nitrogens is 2. The van der Waals surface area contributed by atoms with Crippen molar-refractivity contribution in [1.29, 1.82) is 0 Å². The molecule has 2 aromatic rings. The number of carbonyl (C=O) groups excluding carboxylic acids is 1. The summed E-state index contributed by atoms with van der Waals surface area (Å²) in [6, 6.07) is 9.60. The summed E-state index contributed by atoms with van der Waals surface area (Å²) in [6.07, 6.45) is 0.422. The summed E-state index contributed by atoms with van der Waals surface area (Å²) < 4.78 is 5.56. The van der Waals surface area contributed by atoms with Crippen molar-refractivity contribution in [3.8, 4) is 11.5 Å². The number of benzene rings is 1. The number of hydrogen-bond donors (Lipinski definition) is 1. The van der Waals surface area contributed by atoms with E-state index in [0.717, 1.165) is 5.56 Å². The Morgan fingerprint density at radius 1 is 1.24 bits per heavy atom. The Hall–Kier alpha value is -1.82. The van der Waals surface area contributed by atoms with Gasteiger partial charge >= 0.3 is 0 Å². The second-order valence-electron chi connectivity index (χ2n) is 5.64. The highest BCUT2D eigenvalue weighted by atomic mass is 32.2. The number of amides is 1. The molecule has 5 nitrogen and oxygen atoms in total. The zero-order valence-corrected chi connectivity index (χ0v) is 13.2. The number of hydrogen-bond acceptors (Lipinski definition) is 5. The molecule has 2 rings (SSSR count). The zero-order valence-electron chi connectivity index (χ0n) is 12.4. The fourth-order valence-corrected chi connectivity index (χ4v) is 2.38. The van der Waals surface area contributed by atoms with Crippen molar-refractivity contribution in [1.82, 2.24) is 15.5 Å². The van der Waals surface area contributed by atoms with Crippen molar-refractivity contribution in [3.05, 3.63) is 30.3 Å². The highest BCUT2D eigenvalue weighted by Gasteiger charge is 2.14. The van der Waals surface area contributed by atoms with Gasteiger partial charge in [0.15, 0.2) is 0 Å². The lowest BCUT2D eigenvalue weighted by Crippen LogP contribution is -2.40. The maximum atomic E-state index is 11.7. The van der Waals surface area contributed by atoms with E-state index in [1.807, 2.05) is 51.1 Å². The van der Waals surface area contributed by atoms with Crippen molar-refractivity contribution < 1.29 is 9.21 Å². The van der Waals surface area contributed by atoms with E-state index >= 15 is 0 Å².